The van der Waals surface area contributed by atoms with Gasteiger partial charge in [-0.3, -0.25) is 0 Å². The highest BCUT2D eigenvalue weighted by atomic mass is 15.0. The standard InChI is InChI=1S/C14H19N3/c1-3-4-5-9-15-14-13-11(2)7-6-8-12(13)16-10-17-14/h6-8,10H,3-5,9H2,1-2H3,(H,15,16,17). The first-order valence-electron chi connectivity index (χ1n) is 6.27. The van der Waals surface area contributed by atoms with Crippen molar-refractivity contribution < 1.29 is 0 Å². The van der Waals surface area contributed by atoms with Crippen molar-refractivity contribution in [3.63, 3.8) is 0 Å². The molecule has 1 N–H and O–H groups in total. The van der Waals surface area contributed by atoms with E-state index in [0.29, 0.717) is 0 Å². The number of rotatable bonds is 5. The Morgan fingerprint density at radius 2 is 2.06 bits per heavy atom. The van der Waals surface area contributed by atoms with E-state index in [2.05, 4.69) is 35.2 Å². The largest absolute Gasteiger partial charge is 0.369 e. The molecule has 17 heavy (non-hydrogen) atoms. The molecular formula is C14H19N3. The summed E-state index contributed by atoms with van der Waals surface area (Å²) in [5.74, 6) is 0.962. The molecule has 0 unspecified atom stereocenters. The Kier molecular flexibility index (Phi) is 3.91. The van der Waals surface area contributed by atoms with E-state index in [9.17, 15) is 0 Å². The molecule has 0 atom stereocenters. The van der Waals surface area contributed by atoms with Gasteiger partial charge in [-0.05, 0) is 25.0 Å². The highest BCUT2D eigenvalue weighted by molar-refractivity contribution is 5.91. The van der Waals surface area contributed by atoms with E-state index in [1.54, 1.807) is 6.33 Å². The Balaban J connectivity index is 2.21. The molecule has 0 aliphatic heterocycles. The van der Waals surface area contributed by atoms with Crippen LogP contribution in [0.4, 0.5) is 5.82 Å². The summed E-state index contributed by atoms with van der Waals surface area (Å²) in [5, 5.41) is 4.56. The zero-order valence-electron chi connectivity index (χ0n) is 10.5. The van der Waals surface area contributed by atoms with Gasteiger partial charge in [0, 0.05) is 11.9 Å². The van der Waals surface area contributed by atoms with E-state index >= 15 is 0 Å². The third kappa shape index (κ3) is 2.73. The van der Waals surface area contributed by atoms with Gasteiger partial charge in [-0.15, -0.1) is 0 Å². The fourth-order valence-electron chi connectivity index (χ4n) is 2.00. The Hall–Kier alpha value is -1.64. The predicted octanol–water partition coefficient (Wildman–Crippen LogP) is 3.54. The lowest BCUT2D eigenvalue weighted by atomic mass is 10.1. The highest BCUT2D eigenvalue weighted by Gasteiger charge is 2.04. The van der Waals surface area contributed by atoms with E-state index in [1.807, 2.05) is 12.1 Å². The molecule has 0 amide bonds. The van der Waals surface area contributed by atoms with Crippen LogP contribution >= 0.6 is 0 Å². The minimum absolute atomic E-state index is 0.962. The average Bonchev–Trinajstić information content (AvgIpc) is 2.35. The normalized spacial score (nSPS) is 10.7. The second-order valence-corrected chi connectivity index (χ2v) is 4.33. The third-order valence-electron chi connectivity index (χ3n) is 2.94. The van der Waals surface area contributed by atoms with Crippen LogP contribution in [0.2, 0.25) is 0 Å². The van der Waals surface area contributed by atoms with E-state index in [1.165, 1.54) is 24.8 Å². The molecular weight excluding hydrogens is 210 g/mol. The first-order chi connectivity index (χ1) is 8.33. The molecule has 3 nitrogen and oxygen atoms in total. The van der Waals surface area contributed by atoms with Crippen molar-refractivity contribution in [1.82, 2.24) is 9.97 Å². The van der Waals surface area contributed by atoms with Gasteiger partial charge in [0.05, 0.1) is 5.52 Å². The maximum absolute atomic E-state index is 4.34. The Morgan fingerprint density at radius 3 is 2.88 bits per heavy atom. The van der Waals surface area contributed by atoms with Gasteiger partial charge in [0.25, 0.3) is 0 Å². The molecule has 2 rings (SSSR count). The summed E-state index contributed by atoms with van der Waals surface area (Å²) in [6.07, 6.45) is 5.32. The SMILES string of the molecule is CCCCCNc1ncnc2cccc(C)c12. The highest BCUT2D eigenvalue weighted by Crippen LogP contribution is 2.22. The fourth-order valence-corrected chi connectivity index (χ4v) is 2.00. The zero-order chi connectivity index (χ0) is 12.1. The minimum Gasteiger partial charge on any atom is -0.369 e. The number of aromatic nitrogens is 2. The minimum atomic E-state index is 0.962. The quantitative estimate of drug-likeness (QED) is 0.797. The molecule has 3 heteroatoms. The summed E-state index contributed by atoms with van der Waals surface area (Å²) in [7, 11) is 0. The first kappa shape index (κ1) is 11.8. The molecule has 0 saturated heterocycles. The second kappa shape index (κ2) is 5.62. The van der Waals surface area contributed by atoms with Crippen LogP contribution in [-0.4, -0.2) is 16.5 Å². The zero-order valence-corrected chi connectivity index (χ0v) is 10.5. The molecule has 0 spiro atoms. The summed E-state index contributed by atoms with van der Waals surface area (Å²) >= 11 is 0. The number of nitrogens with zero attached hydrogens (tertiary/aromatic N) is 2. The lowest BCUT2D eigenvalue weighted by molar-refractivity contribution is 0.742. The summed E-state index contributed by atoms with van der Waals surface area (Å²) in [5.41, 5.74) is 2.24. The number of fused-ring (bicyclic) bond motifs is 1. The van der Waals surface area contributed by atoms with Crippen molar-refractivity contribution in [3.8, 4) is 0 Å². The summed E-state index contributed by atoms with van der Waals surface area (Å²) in [6.45, 7) is 5.29. The molecule has 0 aliphatic rings. The Bertz CT molecular complexity index is 489. The van der Waals surface area contributed by atoms with Crippen molar-refractivity contribution >= 4 is 16.7 Å². The molecule has 90 valence electrons. The first-order valence-corrected chi connectivity index (χ1v) is 6.27. The van der Waals surface area contributed by atoms with Crippen LogP contribution in [0.5, 0.6) is 0 Å². The van der Waals surface area contributed by atoms with Gasteiger partial charge in [-0.2, -0.15) is 0 Å². The van der Waals surface area contributed by atoms with E-state index in [-0.39, 0.29) is 0 Å². The van der Waals surface area contributed by atoms with Crippen molar-refractivity contribution in [1.29, 1.82) is 0 Å². The molecule has 0 fully saturated rings. The summed E-state index contributed by atoms with van der Waals surface area (Å²) in [6, 6.07) is 6.16. The maximum Gasteiger partial charge on any atom is 0.137 e. The van der Waals surface area contributed by atoms with E-state index in [0.717, 1.165) is 23.3 Å². The lowest BCUT2D eigenvalue weighted by Gasteiger charge is -2.09. The van der Waals surface area contributed by atoms with Crippen LogP contribution in [0.15, 0.2) is 24.5 Å². The summed E-state index contributed by atoms with van der Waals surface area (Å²) < 4.78 is 0. The molecule has 0 bridgehead atoms. The van der Waals surface area contributed by atoms with Gasteiger partial charge in [0.2, 0.25) is 0 Å². The van der Waals surface area contributed by atoms with Gasteiger partial charge in [0.1, 0.15) is 12.1 Å². The number of hydrogen-bond donors (Lipinski definition) is 1. The molecule has 1 aromatic carbocycles. The van der Waals surface area contributed by atoms with Gasteiger partial charge in [-0.25, -0.2) is 9.97 Å². The molecule has 0 radical (unpaired) electrons. The Morgan fingerprint density at radius 1 is 1.18 bits per heavy atom. The number of unbranched alkanes of at least 4 members (excludes halogenated alkanes) is 2. The Labute approximate surface area is 102 Å². The van der Waals surface area contributed by atoms with E-state index in [4.69, 9.17) is 0 Å². The monoisotopic (exact) mass is 229 g/mol. The average molecular weight is 229 g/mol. The van der Waals surface area contributed by atoms with Crippen molar-refractivity contribution in [2.45, 2.75) is 33.1 Å². The van der Waals surface area contributed by atoms with Gasteiger partial charge in [-0.1, -0.05) is 31.9 Å². The summed E-state index contributed by atoms with van der Waals surface area (Å²) in [4.78, 5) is 8.64. The van der Waals surface area contributed by atoms with Crippen LogP contribution in [0, 0.1) is 6.92 Å². The number of hydrogen-bond acceptors (Lipinski definition) is 3. The van der Waals surface area contributed by atoms with Crippen LogP contribution in [-0.2, 0) is 0 Å². The molecule has 0 aliphatic carbocycles. The van der Waals surface area contributed by atoms with Gasteiger partial charge >= 0.3 is 0 Å². The molecule has 0 saturated carbocycles. The number of benzene rings is 1. The van der Waals surface area contributed by atoms with Crippen LogP contribution < -0.4 is 5.32 Å². The second-order valence-electron chi connectivity index (χ2n) is 4.33. The molecule has 1 heterocycles. The number of anilines is 1. The topological polar surface area (TPSA) is 37.8 Å². The van der Waals surface area contributed by atoms with Crippen LogP contribution in [0.1, 0.15) is 31.7 Å². The lowest BCUT2D eigenvalue weighted by Crippen LogP contribution is -2.04. The van der Waals surface area contributed by atoms with Crippen molar-refractivity contribution in [2.75, 3.05) is 11.9 Å². The predicted molar refractivity (Wildman–Crippen MR) is 72.3 cm³/mol. The van der Waals surface area contributed by atoms with Crippen molar-refractivity contribution in [2.24, 2.45) is 0 Å². The van der Waals surface area contributed by atoms with Gasteiger partial charge < -0.3 is 5.32 Å². The smallest absolute Gasteiger partial charge is 0.137 e. The van der Waals surface area contributed by atoms with E-state index < -0.39 is 0 Å². The van der Waals surface area contributed by atoms with Crippen molar-refractivity contribution in [3.05, 3.63) is 30.1 Å². The number of nitrogens with one attached hydrogen (secondary N) is 1. The third-order valence-corrected chi connectivity index (χ3v) is 2.94. The number of aryl methyl sites for hydroxylation is 1. The molecule has 1 aromatic heterocycles. The maximum atomic E-state index is 4.34. The molecule has 2 aromatic rings. The fraction of sp³-hybridized carbons (Fsp3) is 0.429. The van der Waals surface area contributed by atoms with Crippen LogP contribution in [0.3, 0.4) is 0 Å². The van der Waals surface area contributed by atoms with Gasteiger partial charge in [0.15, 0.2) is 0 Å². The van der Waals surface area contributed by atoms with Crippen LogP contribution in [0.25, 0.3) is 10.9 Å².